The maximum atomic E-state index is 6.33. The molecule has 0 fully saturated rings. The Morgan fingerprint density at radius 3 is 1.75 bits per heavy atom. The van der Waals surface area contributed by atoms with Crippen LogP contribution < -0.4 is 0 Å². The molecule has 0 aliphatic carbocycles. The number of aromatic nitrogens is 2. The molecule has 238 valence electrons. The highest BCUT2D eigenvalue weighted by molar-refractivity contribution is 6.13. The van der Waals surface area contributed by atoms with E-state index in [0.717, 1.165) is 38.8 Å². The van der Waals surface area contributed by atoms with Crippen molar-refractivity contribution < 1.29 is 4.42 Å². The van der Waals surface area contributed by atoms with Gasteiger partial charge in [-0.1, -0.05) is 115 Å². The molecule has 0 unspecified atom stereocenters. The number of rotatable bonds is 4. The van der Waals surface area contributed by atoms with Gasteiger partial charge in [-0.3, -0.25) is 0 Å². The number of hydrogen-bond donors (Lipinski definition) is 0. The molecular weight excluding hydrogens is 621 g/mol. The molecule has 0 spiro atoms. The third-order valence-corrected chi connectivity index (χ3v) is 10.5. The summed E-state index contributed by atoms with van der Waals surface area (Å²) in [7, 11) is 0. The van der Waals surface area contributed by atoms with Crippen LogP contribution in [-0.4, -0.2) is 9.13 Å². The fraction of sp³-hybridized carbons (Fsp3) is 0. The number of benzene rings is 8. The van der Waals surface area contributed by atoms with Crippen LogP contribution in [0.2, 0.25) is 0 Å². The van der Waals surface area contributed by atoms with Gasteiger partial charge < -0.3 is 13.6 Å². The van der Waals surface area contributed by atoms with E-state index in [1.165, 1.54) is 60.4 Å². The van der Waals surface area contributed by atoms with Crippen molar-refractivity contribution in [3.8, 4) is 33.6 Å². The smallest absolute Gasteiger partial charge is 0.136 e. The average molecular weight is 651 g/mol. The first-order chi connectivity index (χ1) is 25.3. The summed E-state index contributed by atoms with van der Waals surface area (Å²) in [5.41, 5.74) is 13.6. The van der Waals surface area contributed by atoms with Gasteiger partial charge in [-0.2, -0.15) is 0 Å². The highest BCUT2D eigenvalue weighted by Crippen LogP contribution is 2.41. The number of hydrogen-bond acceptors (Lipinski definition) is 1. The fourth-order valence-electron chi connectivity index (χ4n) is 8.22. The molecule has 0 radical (unpaired) electrons. The molecule has 0 atom stereocenters. The monoisotopic (exact) mass is 650 g/mol. The van der Waals surface area contributed by atoms with Crippen LogP contribution in [0.5, 0.6) is 0 Å². The first-order valence-electron chi connectivity index (χ1n) is 17.4. The van der Waals surface area contributed by atoms with E-state index in [1.807, 2.05) is 12.1 Å². The third-order valence-electron chi connectivity index (χ3n) is 10.5. The molecule has 0 N–H and O–H groups in total. The Labute approximate surface area is 293 Å². The van der Waals surface area contributed by atoms with E-state index < -0.39 is 0 Å². The second-order valence-corrected chi connectivity index (χ2v) is 13.3. The first-order valence-corrected chi connectivity index (χ1v) is 17.4. The highest BCUT2D eigenvalue weighted by Gasteiger charge is 2.18. The Bertz CT molecular complexity index is 3140. The van der Waals surface area contributed by atoms with Crippen molar-refractivity contribution in [2.45, 2.75) is 0 Å². The van der Waals surface area contributed by atoms with Gasteiger partial charge in [0.05, 0.1) is 27.8 Å². The molecule has 3 nitrogen and oxygen atoms in total. The van der Waals surface area contributed by atoms with E-state index in [1.54, 1.807) is 0 Å². The van der Waals surface area contributed by atoms with Gasteiger partial charge in [-0.15, -0.1) is 0 Å². The predicted molar refractivity (Wildman–Crippen MR) is 213 cm³/mol. The molecule has 8 aromatic carbocycles. The lowest BCUT2D eigenvalue weighted by Crippen LogP contribution is -1.97. The van der Waals surface area contributed by atoms with Gasteiger partial charge in [-0.05, 0) is 83.4 Å². The molecule has 0 saturated heterocycles. The lowest BCUT2D eigenvalue weighted by molar-refractivity contribution is 0.669. The molecular formula is C48H30N2O. The van der Waals surface area contributed by atoms with E-state index in [4.69, 9.17) is 4.42 Å². The van der Waals surface area contributed by atoms with E-state index in [0.29, 0.717) is 0 Å². The number of para-hydroxylation sites is 5. The van der Waals surface area contributed by atoms with Crippen molar-refractivity contribution in [2.24, 2.45) is 0 Å². The summed E-state index contributed by atoms with van der Waals surface area (Å²) in [4.78, 5) is 0. The van der Waals surface area contributed by atoms with Gasteiger partial charge in [0, 0.05) is 43.6 Å². The van der Waals surface area contributed by atoms with Crippen LogP contribution in [-0.2, 0) is 0 Å². The minimum absolute atomic E-state index is 0.900. The quantitative estimate of drug-likeness (QED) is 0.186. The summed E-state index contributed by atoms with van der Waals surface area (Å²) in [5, 5.41) is 7.26. The largest absolute Gasteiger partial charge is 0.456 e. The Morgan fingerprint density at radius 1 is 0.314 bits per heavy atom. The van der Waals surface area contributed by atoms with Crippen LogP contribution in [0.4, 0.5) is 0 Å². The SMILES string of the molecule is c1ccc(-n2c3ccccc3c3cc(-c4ccc5c6ccccc6n(-c6ccccc6-c6ccc7c(c6)oc6ccccc67)c5c4)ccc32)cc1. The fourth-order valence-corrected chi connectivity index (χ4v) is 8.22. The number of furan rings is 1. The van der Waals surface area contributed by atoms with E-state index >= 15 is 0 Å². The maximum Gasteiger partial charge on any atom is 0.136 e. The number of nitrogens with zero attached hydrogens (tertiary/aromatic N) is 2. The molecule has 0 bridgehead atoms. The summed E-state index contributed by atoms with van der Waals surface area (Å²) in [6.45, 7) is 0. The summed E-state index contributed by atoms with van der Waals surface area (Å²) >= 11 is 0. The summed E-state index contributed by atoms with van der Waals surface area (Å²) < 4.78 is 11.1. The van der Waals surface area contributed by atoms with E-state index in [9.17, 15) is 0 Å². The van der Waals surface area contributed by atoms with Gasteiger partial charge in [0.15, 0.2) is 0 Å². The molecule has 0 amide bonds. The summed E-state index contributed by atoms with van der Waals surface area (Å²) in [6.07, 6.45) is 0. The van der Waals surface area contributed by atoms with Gasteiger partial charge in [0.2, 0.25) is 0 Å². The molecule has 3 heterocycles. The van der Waals surface area contributed by atoms with Crippen LogP contribution in [0.25, 0.3) is 99.2 Å². The molecule has 0 aliphatic heterocycles. The molecule has 51 heavy (non-hydrogen) atoms. The normalized spacial score (nSPS) is 11.9. The Kier molecular flexibility index (Phi) is 5.96. The van der Waals surface area contributed by atoms with Gasteiger partial charge >= 0.3 is 0 Å². The van der Waals surface area contributed by atoms with Crippen molar-refractivity contribution in [3.63, 3.8) is 0 Å². The summed E-state index contributed by atoms with van der Waals surface area (Å²) in [6, 6.07) is 65.6. The van der Waals surface area contributed by atoms with Crippen LogP contribution >= 0.6 is 0 Å². The average Bonchev–Trinajstić information content (AvgIpc) is 3.85. The van der Waals surface area contributed by atoms with Crippen LogP contribution in [0.1, 0.15) is 0 Å². The number of fused-ring (bicyclic) bond motifs is 9. The highest BCUT2D eigenvalue weighted by atomic mass is 16.3. The molecule has 0 saturated carbocycles. The van der Waals surface area contributed by atoms with E-state index in [-0.39, 0.29) is 0 Å². The van der Waals surface area contributed by atoms with Crippen molar-refractivity contribution >= 4 is 65.6 Å². The van der Waals surface area contributed by atoms with Crippen LogP contribution in [0.15, 0.2) is 186 Å². The van der Waals surface area contributed by atoms with Crippen LogP contribution in [0.3, 0.4) is 0 Å². The maximum absolute atomic E-state index is 6.33. The predicted octanol–water partition coefficient (Wildman–Crippen LogP) is 13.1. The molecule has 3 heteroatoms. The lowest BCUT2D eigenvalue weighted by Gasteiger charge is -2.14. The lowest BCUT2D eigenvalue weighted by atomic mass is 10.0. The van der Waals surface area contributed by atoms with E-state index in [2.05, 4.69) is 179 Å². The second kappa shape index (κ2) is 10.8. The molecule has 11 aromatic rings. The topological polar surface area (TPSA) is 23.0 Å². The zero-order valence-electron chi connectivity index (χ0n) is 27.6. The zero-order valence-corrected chi connectivity index (χ0v) is 27.6. The summed E-state index contributed by atoms with van der Waals surface area (Å²) in [5.74, 6) is 0. The Hall–Kier alpha value is -6.84. The second-order valence-electron chi connectivity index (χ2n) is 13.3. The van der Waals surface area contributed by atoms with Gasteiger partial charge in [0.1, 0.15) is 11.2 Å². The van der Waals surface area contributed by atoms with Crippen molar-refractivity contribution in [1.82, 2.24) is 9.13 Å². The Morgan fingerprint density at radius 2 is 0.882 bits per heavy atom. The minimum Gasteiger partial charge on any atom is -0.456 e. The standard InChI is InChI=1S/C48H30N2O/c1-2-12-34(13-3-1)49-43-19-9-6-16-37(43)41-28-31(24-27-45(41)49)32-22-25-38-36-15-5-10-20-44(36)50(46(38)29-32)42-18-8-4-14-35(42)33-23-26-40-39-17-7-11-21-47(39)51-48(40)30-33/h1-30H. The third kappa shape index (κ3) is 4.19. The van der Waals surface area contributed by atoms with Crippen molar-refractivity contribution in [1.29, 1.82) is 0 Å². The first kappa shape index (κ1) is 28.0. The van der Waals surface area contributed by atoms with Gasteiger partial charge in [0.25, 0.3) is 0 Å². The Balaban J connectivity index is 1.12. The molecule has 0 aliphatic rings. The molecule has 3 aromatic heterocycles. The minimum atomic E-state index is 0.900. The zero-order chi connectivity index (χ0) is 33.5. The van der Waals surface area contributed by atoms with Crippen LogP contribution in [0, 0.1) is 0 Å². The van der Waals surface area contributed by atoms with Gasteiger partial charge in [-0.25, -0.2) is 0 Å². The van der Waals surface area contributed by atoms with Crippen molar-refractivity contribution in [2.75, 3.05) is 0 Å². The molecule has 11 rings (SSSR count). The van der Waals surface area contributed by atoms with Crippen molar-refractivity contribution in [3.05, 3.63) is 182 Å².